The van der Waals surface area contributed by atoms with Crippen LogP contribution in [0.4, 0.5) is 0 Å². The van der Waals surface area contributed by atoms with Gasteiger partial charge in [-0.1, -0.05) is 18.2 Å². The van der Waals surface area contributed by atoms with E-state index in [9.17, 15) is 9.90 Å². The fraction of sp³-hybridized carbons (Fsp3) is 0.462. The summed E-state index contributed by atoms with van der Waals surface area (Å²) >= 11 is 0. The van der Waals surface area contributed by atoms with E-state index in [0.717, 1.165) is 43.8 Å². The highest BCUT2D eigenvalue weighted by Gasteiger charge is 2.27. The Morgan fingerprint density at radius 1 is 1.12 bits per heavy atom. The van der Waals surface area contributed by atoms with Crippen molar-refractivity contribution in [1.29, 1.82) is 0 Å². The van der Waals surface area contributed by atoms with Crippen LogP contribution in [0.15, 0.2) is 30.3 Å². The van der Waals surface area contributed by atoms with Crippen LogP contribution in [-0.4, -0.2) is 75.2 Å². The number of carbonyl (C=O) groups is 1. The molecule has 0 radical (unpaired) electrons. The molecule has 3 heterocycles. The quantitative estimate of drug-likeness (QED) is 0.584. The molecule has 8 nitrogen and oxygen atoms in total. The molecule has 0 bridgehead atoms. The van der Waals surface area contributed by atoms with Crippen molar-refractivity contribution in [3.63, 3.8) is 0 Å². The minimum Gasteiger partial charge on any atom is -0.507 e. The first kappa shape index (κ1) is 22.8. The van der Waals surface area contributed by atoms with E-state index in [4.69, 9.17) is 4.74 Å². The predicted molar refractivity (Wildman–Crippen MR) is 130 cm³/mol. The van der Waals surface area contributed by atoms with Crippen molar-refractivity contribution in [2.75, 3.05) is 33.2 Å². The Hall–Kier alpha value is -2.94. The zero-order chi connectivity index (χ0) is 23.8. The molecule has 1 amide bonds. The number of nitrogens with one attached hydrogen (secondary N) is 1. The van der Waals surface area contributed by atoms with Crippen LogP contribution in [0.25, 0.3) is 10.9 Å². The van der Waals surface area contributed by atoms with E-state index in [0.29, 0.717) is 30.8 Å². The number of nitrogens with zero attached hydrogens (tertiary/aromatic N) is 4. The first-order chi connectivity index (χ1) is 16.4. The predicted octanol–water partition coefficient (Wildman–Crippen LogP) is 3.10. The van der Waals surface area contributed by atoms with Crippen LogP contribution in [0.2, 0.25) is 0 Å². The summed E-state index contributed by atoms with van der Waals surface area (Å²) in [7, 11) is 2.17. The highest BCUT2D eigenvalue weighted by atomic mass is 16.5. The van der Waals surface area contributed by atoms with Gasteiger partial charge in [0.1, 0.15) is 5.75 Å². The summed E-state index contributed by atoms with van der Waals surface area (Å²) in [4.78, 5) is 20.0. The van der Waals surface area contributed by atoms with E-state index in [-0.39, 0.29) is 17.8 Å². The molecule has 180 valence electrons. The van der Waals surface area contributed by atoms with Crippen LogP contribution >= 0.6 is 0 Å². The number of phenolic OH excluding ortho intramolecular Hbond substituents is 1. The molecule has 0 unspecified atom stereocenters. The van der Waals surface area contributed by atoms with Gasteiger partial charge in [0.15, 0.2) is 0 Å². The van der Waals surface area contributed by atoms with E-state index in [2.05, 4.69) is 45.2 Å². The number of aromatic amines is 1. The first-order valence-electron chi connectivity index (χ1n) is 12.0. The van der Waals surface area contributed by atoms with Gasteiger partial charge in [-0.25, -0.2) is 0 Å². The number of likely N-dealkylation sites (N-methyl/N-ethyl adjacent to an activating group) is 1. The summed E-state index contributed by atoms with van der Waals surface area (Å²) in [6.45, 7) is 10.7. The number of amides is 1. The third-order valence-corrected chi connectivity index (χ3v) is 6.82. The van der Waals surface area contributed by atoms with Gasteiger partial charge in [-0.05, 0) is 43.7 Å². The largest absolute Gasteiger partial charge is 0.507 e. The maximum atomic E-state index is 13.4. The lowest BCUT2D eigenvalue weighted by atomic mass is 10.1. The molecular weight excluding hydrogens is 430 g/mol. The summed E-state index contributed by atoms with van der Waals surface area (Å²) in [5.74, 6) is -0.222. The molecule has 8 heteroatoms. The second-order valence-electron chi connectivity index (χ2n) is 9.79. The lowest BCUT2D eigenvalue weighted by Crippen LogP contribution is -2.43. The second-order valence-corrected chi connectivity index (χ2v) is 9.79. The summed E-state index contributed by atoms with van der Waals surface area (Å²) < 4.78 is 5.70. The number of benzene rings is 2. The number of aromatic hydroxyl groups is 1. The van der Waals surface area contributed by atoms with Crippen LogP contribution < -0.4 is 0 Å². The van der Waals surface area contributed by atoms with Gasteiger partial charge in [-0.15, -0.1) is 0 Å². The second kappa shape index (κ2) is 9.37. The van der Waals surface area contributed by atoms with Gasteiger partial charge in [0.25, 0.3) is 5.91 Å². The molecule has 1 fully saturated rings. The number of piperazine rings is 1. The van der Waals surface area contributed by atoms with Crippen LogP contribution in [0.5, 0.6) is 5.75 Å². The Kier molecular flexibility index (Phi) is 6.29. The van der Waals surface area contributed by atoms with Gasteiger partial charge in [0.2, 0.25) is 0 Å². The molecule has 0 saturated carbocycles. The normalized spacial score (nSPS) is 17.1. The Labute approximate surface area is 200 Å². The van der Waals surface area contributed by atoms with E-state index >= 15 is 0 Å². The van der Waals surface area contributed by atoms with Crippen molar-refractivity contribution in [2.45, 2.75) is 46.2 Å². The number of ether oxygens (including phenoxy) is 1. The molecule has 2 aromatic carbocycles. The van der Waals surface area contributed by atoms with Crippen LogP contribution in [0.3, 0.4) is 0 Å². The van der Waals surface area contributed by atoms with E-state index in [1.54, 1.807) is 17.0 Å². The number of hydrogen-bond donors (Lipinski definition) is 2. The number of fused-ring (bicyclic) bond motifs is 2. The fourth-order valence-corrected chi connectivity index (χ4v) is 4.76. The Morgan fingerprint density at radius 3 is 2.65 bits per heavy atom. The molecule has 2 N–H and O–H groups in total. The maximum Gasteiger partial charge on any atom is 0.258 e. The summed E-state index contributed by atoms with van der Waals surface area (Å²) in [5, 5.41) is 18.6. The number of H-pyrrole nitrogens is 1. The number of carbonyl (C=O) groups excluding carboxylic acids is 1. The maximum absolute atomic E-state index is 13.4. The number of hydrogen-bond acceptors (Lipinski definition) is 6. The van der Waals surface area contributed by atoms with Crippen molar-refractivity contribution in [3.8, 4) is 5.75 Å². The smallest absolute Gasteiger partial charge is 0.258 e. The standard InChI is InChI=1S/C26H33N5O3/c1-17(2)34-16-24-21-11-22(25(32)12-23(21)27-28-24)26(33)31-14-19-5-4-18(10-20(19)15-31)13-30-8-6-29(3)7-9-30/h4-5,10-12,17,32H,6-9,13-16H2,1-3H3,(H,27,28). The lowest BCUT2D eigenvalue weighted by Gasteiger charge is -2.32. The molecule has 34 heavy (non-hydrogen) atoms. The van der Waals surface area contributed by atoms with Crippen molar-refractivity contribution in [2.24, 2.45) is 0 Å². The van der Waals surface area contributed by atoms with Gasteiger partial charge in [-0.2, -0.15) is 5.10 Å². The third kappa shape index (κ3) is 4.66. The fourth-order valence-electron chi connectivity index (χ4n) is 4.76. The number of aromatic nitrogens is 2. The molecule has 1 aromatic heterocycles. The highest BCUT2D eigenvalue weighted by Crippen LogP contribution is 2.31. The molecule has 2 aliphatic rings. The van der Waals surface area contributed by atoms with Gasteiger partial charge < -0.3 is 19.6 Å². The molecule has 1 saturated heterocycles. The Morgan fingerprint density at radius 2 is 1.88 bits per heavy atom. The average Bonchev–Trinajstić information content (AvgIpc) is 3.41. The molecule has 0 spiro atoms. The van der Waals surface area contributed by atoms with Crippen molar-refractivity contribution < 1.29 is 14.6 Å². The number of rotatable bonds is 6. The summed E-state index contributed by atoms with van der Waals surface area (Å²) in [5.41, 5.74) is 5.37. The van der Waals surface area contributed by atoms with E-state index < -0.39 is 0 Å². The van der Waals surface area contributed by atoms with Gasteiger partial charge in [0, 0.05) is 57.3 Å². The van der Waals surface area contributed by atoms with Gasteiger partial charge in [-0.3, -0.25) is 14.8 Å². The Bertz CT molecular complexity index is 1200. The first-order valence-corrected chi connectivity index (χ1v) is 12.0. The minimum absolute atomic E-state index is 0.0490. The zero-order valence-electron chi connectivity index (χ0n) is 20.2. The Balaban J connectivity index is 1.31. The summed E-state index contributed by atoms with van der Waals surface area (Å²) in [6.07, 6.45) is 0.0841. The summed E-state index contributed by atoms with van der Waals surface area (Å²) in [6, 6.07) is 9.85. The molecular formula is C26H33N5O3. The van der Waals surface area contributed by atoms with E-state index in [1.165, 1.54) is 16.7 Å². The minimum atomic E-state index is -0.173. The lowest BCUT2D eigenvalue weighted by molar-refractivity contribution is 0.0642. The van der Waals surface area contributed by atoms with Crippen LogP contribution in [0.1, 0.15) is 46.6 Å². The third-order valence-electron chi connectivity index (χ3n) is 6.82. The topological polar surface area (TPSA) is 84.9 Å². The van der Waals surface area contributed by atoms with Crippen molar-refractivity contribution in [3.05, 3.63) is 58.3 Å². The van der Waals surface area contributed by atoms with Gasteiger partial charge in [0.05, 0.1) is 29.5 Å². The average molecular weight is 464 g/mol. The SMILES string of the molecule is CC(C)OCc1[nH]nc2cc(O)c(C(=O)N3Cc4ccc(CN5CCN(C)CC5)cc4C3)cc12. The van der Waals surface area contributed by atoms with Gasteiger partial charge >= 0.3 is 0 Å². The van der Waals surface area contributed by atoms with Crippen LogP contribution in [0, 0.1) is 0 Å². The monoisotopic (exact) mass is 463 g/mol. The van der Waals surface area contributed by atoms with E-state index in [1.807, 2.05) is 13.8 Å². The van der Waals surface area contributed by atoms with Crippen molar-refractivity contribution in [1.82, 2.24) is 24.9 Å². The number of phenols is 1. The molecule has 0 aliphatic carbocycles. The van der Waals surface area contributed by atoms with Crippen molar-refractivity contribution >= 4 is 16.8 Å². The highest BCUT2D eigenvalue weighted by molar-refractivity contribution is 6.01. The molecule has 0 atom stereocenters. The zero-order valence-corrected chi connectivity index (χ0v) is 20.2. The molecule has 3 aromatic rings. The molecule has 5 rings (SSSR count). The van der Waals surface area contributed by atoms with Crippen LogP contribution in [-0.2, 0) is 31.0 Å². The molecule has 2 aliphatic heterocycles.